The van der Waals surface area contributed by atoms with Gasteiger partial charge in [0.2, 0.25) is 5.17 Å². The number of rotatable bonds is 4. The summed E-state index contributed by atoms with van der Waals surface area (Å²) in [5.74, 6) is -0.374. The molecule has 0 aliphatic carbocycles. The molecule has 0 bridgehead atoms. The molecule has 5 rings (SSSR count). The topological polar surface area (TPSA) is 73.8 Å². The first kappa shape index (κ1) is 21.2. The van der Waals surface area contributed by atoms with Crippen molar-refractivity contribution in [3.05, 3.63) is 94.3 Å². The van der Waals surface area contributed by atoms with Gasteiger partial charge in [0.05, 0.1) is 5.57 Å². The van der Waals surface area contributed by atoms with Crippen LogP contribution in [0.15, 0.2) is 76.3 Å². The standard InChI is InChI=1S/C26H23N5OS/c1-4-18-10-12-21(13-11-18)30-16(2)14-20(17(30)3)15-22-23(27)31-26(28-24(22)32)33-25(29-31)19-8-6-5-7-9-19/h5-15,27H,4H2,1-3H3/b22-15-,27-23?. The number of carbonyl (C=O) groups is 1. The molecule has 164 valence electrons. The number of hydrogen-bond acceptors (Lipinski definition) is 4. The normalized spacial score (nSPS) is 16.8. The van der Waals surface area contributed by atoms with E-state index in [4.69, 9.17) is 5.41 Å². The van der Waals surface area contributed by atoms with E-state index in [0.29, 0.717) is 5.17 Å². The molecule has 2 aliphatic rings. The Labute approximate surface area is 196 Å². The zero-order chi connectivity index (χ0) is 23.1. The second-order valence-corrected chi connectivity index (χ2v) is 8.93. The molecule has 1 aromatic heterocycles. The summed E-state index contributed by atoms with van der Waals surface area (Å²) >= 11 is 1.31. The van der Waals surface area contributed by atoms with E-state index in [0.717, 1.165) is 39.7 Å². The number of amides is 1. The molecule has 2 aromatic carbocycles. The van der Waals surface area contributed by atoms with Crippen molar-refractivity contribution >= 4 is 39.8 Å². The number of aliphatic imine (C=N–C) groups is 1. The molecule has 0 atom stereocenters. The van der Waals surface area contributed by atoms with Crippen LogP contribution >= 0.6 is 11.8 Å². The van der Waals surface area contributed by atoms with Crippen molar-refractivity contribution < 1.29 is 4.79 Å². The van der Waals surface area contributed by atoms with Crippen molar-refractivity contribution in [2.24, 2.45) is 10.1 Å². The highest BCUT2D eigenvalue weighted by Crippen LogP contribution is 2.31. The molecule has 6 nitrogen and oxygen atoms in total. The van der Waals surface area contributed by atoms with E-state index in [-0.39, 0.29) is 11.4 Å². The second-order valence-electron chi connectivity index (χ2n) is 7.97. The van der Waals surface area contributed by atoms with Crippen LogP contribution in [0.25, 0.3) is 11.8 Å². The number of thioether (sulfide) groups is 1. The quantitative estimate of drug-likeness (QED) is 0.543. The summed E-state index contributed by atoms with van der Waals surface area (Å²) in [5.41, 5.74) is 6.48. The van der Waals surface area contributed by atoms with E-state index < -0.39 is 5.91 Å². The third kappa shape index (κ3) is 3.74. The third-order valence-electron chi connectivity index (χ3n) is 5.85. The number of aryl methyl sites for hydroxylation is 2. The van der Waals surface area contributed by atoms with Crippen LogP contribution in [0.3, 0.4) is 0 Å². The van der Waals surface area contributed by atoms with Crippen molar-refractivity contribution in [3.63, 3.8) is 0 Å². The molecule has 3 aromatic rings. The lowest BCUT2D eigenvalue weighted by molar-refractivity contribution is -0.114. The second kappa shape index (κ2) is 8.33. The monoisotopic (exact) mass is 453 g/mol. The minimum Gasteiger partial charge on any atom is -0.318 e. The highest BCUT2D eigenvalue weighted by Gasteiger charge is 2.36. The molecular weight excluding hydrogens is 430 g/mol. The van der Waals surface area contributed by atoms with Gasteiger partial charge >= 0.3 is 0 Å². The molecule has 1 N–H and O–H groups in total. The Morgan fingerprint density at radius 1 is 1.06 bits per heavy atom. The molecule has 0 fully saturated rings. The molecule has 7 heteroatoms. The predicted octanol–water partition coefficient (Wildman–Crippen LogP) is 5.32. The Morgan fingerprint density at radius 2 is 1.79 bits per heavy atom. The molecule has 1 amide bonds. The molecule has 3 heterocycles. The van der Waals surface area contributed by atoms with Gasteiger partial charge in [0, 0.05) is 22.6 Å². The minimum atomic E-state index is -0.416. The fraction of sp³-hybridized carbons (Fsp3) is 0.154. The number of fused-ring (bicyclic) bond motifs is 1. The maximum absolute atomic E-state index is 12.8. The molecule has 0 radical (unpaired) electrons. The van der Waals surface area contributed by atoms with Crippen molar-refractivity contribution in [1.82, 2.24) is 9.58 Å². The summed E-state index contributed by atoms with van der Waals surface area (Å²) in [6.07, 6.45) is 2.75. The van der Waals surface area contributed by atoms with Gasteiger partial charge in [-0.3, -0.25) is 10.2 Å². The van der Waals surface area contributed by atoms with Gasteiger partial charge in [-0.25, -0.2) is 0 Å². The van der Waals surface area contributed by atoms with Crippen molar-refractivity contribution in [3.8, 4) is 5.69 Å². The Morgan fingerprint density at radius 3 is 2.48 bits per heavy atom. The molecule has 0 saturated heterocycles. The molecule has 2 aliphatic heterocycles. The van der Waals surface area contributed by atoms with E-state index >= 15 is 0 Å². The summed E-state index contributed by atoms with van der Waals surface area (Å²) in [4.78, 5) is 17.1. The van der Waals surface area contributed by atoms with Gasteiger partial charge in [0.15, 0.2) is 5.84 Å². The van der Waals surface area contributed by atoms with Gasteiger partial charge in [-0.2, -0.15) is 15.1 Å². The zero-order valence-electron chi connectivity index (χ0n) is 18.7. The smallest absolute Gasteiger partial charge is 0.283 e. The summed E-state index contributed by atoms with van der Waals surface area (Å²) in [6.45, 7) is 6.21. The number of nitrogens with one attached hydrogen (secondary N) is 1. The molecule has 33 heavy (non-hydrogen) atoms. The Hall–Kier alpha value is -3.71. The summed E-state index contributed by atoms with van der Waals surface area (Å²) < 4.78 is 2.16. The van der Waals surface area contributed by atoms with Crippen LogP contribution in [0, 0.1) is 19.3 Å². The van der Waals surface area contributed by atoms with Crippen LogP contribution in [0.5, 0.6) is 0 Å². The van der Waals surface area contributed by atoms with Crippen LogP contribution in [0.1, 0.15) is 35.0 Å². The van der Waals surface area contributed by atoms with Crippen molar-refractivity contribution in [2.75, 3.05) is 0 Å². The number of hydrazone groups is 1. The predicted molar refractivity (Wildman–Crippen MR) is 135 cm³/mol. The number of carbonyl (C=O) groups excluding carboxylic acids is 1. The lowest BCUT2D eigenvalue weighted by Crippen LogP contribution is -2.35. The molecular formula is C26H23N5OS. The molecule has 0 spiro atoms. The SMILES string of the molecule is CCc1ccc(-n2c(C)cc(/C=C3/C(=N)N4N=C(c5ccccc5)SC4=NC3=O)c2C)cc1. The number of hydrogen-bond donors (Lipinski definition) is 1. The summed E-state index contributed by atoms with van der Waals surface area (Å²) in [7, 11) is 0. The Balaban J connectivity index is 1.50. The van der Waals surface area contributed by atoms with Crippen LogP contribution in [0.4, 0.5) is 0 Å². The third-order valence-corrected chi connectivity index (χ3v) is 6.81. The number of aromatic nitrogens is 1. The van der Waals surface area contributed by atoms with Crippen molar-refractivity contribution in [2.45, 2.75) is 27.2 Å². The first-order valence-corrected chi connectivity index (χ1v) is 11.6. The minimum absolute atomic E-state index is 0.0422. The Bertz CT molecular complexity index is 1360. The summed E-state index contributed by atoms with van der Waals surface area (Å²) in [6, 6.07) is 20.2. The molecule has 0 unspecified atom stereocenters. The van der Waals surface area contributed by atoms with E-state index in [1.807, 2.05) is 50.2 Å². The highest BCUT2D eigenvalue weighted by molar-refractivity contribution is 8.27. The highest BCUT2D eigenvalue weighted by atomic mass is 32.2. The maximum atomic E-state index is 12.8. The number of nitrogens with zero attached hydrogens (tertiary/aromatic N) is 4. The first-order valence-electron chi connectivity index (χ1n) is 10.8. The van der Waals surface area contributed by atoms with Gasteiger partial charge in [-0.1, -0.05) is 49.4 Å². The van der Waals surface area contributed by atoms with E-state index in [9.17, 15) is 4.79 Å². The molecule has 0 saturated carbocycles. The van der Waals surface area contributed by atoms with E-state index in [1.54, 1.807) is 6.08 Å². The van der Waals surface area contributed by atoms with Crippen molar-refractivity contribution in [1.29, 1.82) is 5.41 Å². The fourth-order valence-electron chi connectivity index (χ4n) is 4.06. The lowest BCUT2D eigenvalue weighted by Gasteiger charge is -2.20. The average Bonchev–Trinajstić information content (AvgIpc) is 3.38. The zero-order valence-corrected chi connectivity index (χ0v) is 19.5. The average molecular weight is 454 g/mol. The van der Waals surface area contributed by atoms with Gasteiger partial charge in [0.1, 0.15) is 5.04 Å². The van der Waals surface area contributed by atoms with Crippen LogP contribution < -0.4 is 0 Å². The Kier molecular flexibility index (Phi) is 5.34. The largest absolute Gasteiger partial charge is 0.318 e. The van der Waals surface area contributed by atoms with E-state index in [1.165, 1.54) is 22.3 Å². The lowest BCUT2D eigenvalue weighted by atomic mass is 10.1. The van der Waals surface area contributed by atoms with Gasteiger partial charge < -0.3 is 4.57 Å². The van der Waals surface area contributed by atoms with E-state index in [2.05, 4.69) is 45.9 Å². The number of benzene rings is 2. The van der Waals surface area contributed by atoms with Crippen LogP contribution in [0.2, 0.25) is 0 Å². The van der Waals surface area contributed by atoms with Crippen LogP contribution in [-0.4, -0.2) is 31.5 Å². The van der Waals surface area contributed by atoms with Gasteiger partial charge in [-0.15, -0.1) is 0 Å². The number of amidine groups is 2. The van der Waals surface area contributed by atoms with Crippen LogP contribution in [-0.2, 0) is 11.2 Å². The van der Waals surface area contributed by atoms with Gasteiger partial charge in [0.25, 0.3) is 5.91 Å². The summed E-state index contributed by atoms with van der Waals surface area (Å²) in [5, 5.41) is 15.8. The fourth-order valence-corrected chi connectivity index (χ4v) is 4.95. The first-order chi connectivity index (χ1) is 16.0. The van der Waals surface area contributed by atoms with Gasteiger partial charge in [-0.05, 0) is 67.4 Å². The maximum Gasteiger partial charge on any atom is 0.283 e.